The molecular weight excluding hydrogens is 461 g/mol. The highest BCUT2D eigenvalue weighted by Gasteiger charge is 2.16. The van der Waals surface area contributed by atoms with Gasteiger partial charge in [-0.3, -0.25) is 0 Å². The van der Waals surface area contributed by atoms with E-state index < -0.39 is 11.7 Å². The van der Waals surface area contributed by atoms with Crippen LogP contribution in [0.3, 0.4) is 0 Å². The number of aryl methyl sites for hydroxylation is 1. The first-order chi connectivity index (χ1) is 12.4. The summed E-state index contributed by atoms with van der Waals surface area (Å²) >= 11 is 0. The van der Waals surface area contributed by atoms with Gasteiger partial charge in [-0.2, -0.15) is 0 Å². The SMILES string of the molecule is CCNC(=NCc1nnc2n1CCCC2)NCCNC(=O)OC(C)(C)C.I. The fourth-order valence-electron chi connectivity index (χ4n) is 2.64. The largest absolute Gasteiger partial charge is 0.444 e. The molecule has 0 fully saturated rings. The molecule has 0 aromatic carbocycles. The number of rotatable bonds is 6. The molecule has 1 amide bonds. The molecule has 0 spiro atoms. The Labute approximate surface area is 178 Å². The Morgan fingerprint density at radius 2 is 1.93 bits per heavy atom. The Kier molecular flexibility index (Phi) is 9.81. The Bertz CT molecular complexity index is 625. The lowest BCUT2D eigenvalue weighted by Gasteiger charge is -2.20. The van der Waals surface area contributed by atoms with Gasteiger partial charge in [0, 0.05) is 32.6 Å². The number of halogens is 1. The number of ether oxygens (including phenoxy) is 1. The van der Waals surface area contributed by atoms with E-state index in [1.54, 1.807) is 0 Å². The summed E-state index contributed by atoms with van der Waals surface area (Å²) in [6.45, 7) is 10.7. The van der Waals surface area contributed by atoms with Gasteiger partial charge in [0.05, 0.1) is 0 Å². The number of fused-ring (bicyclic) bond motifs is 1. The zero-order valence-corrected chi connectivity index (χ0v) is 19.0. The molecule has 1 aliphatic rings. The topological polar surface area (TPSA) is 105 Å². The molecule has 9 nitrogen and oxygen atoms in total. The Hall–Kier alpha value is -1.59. The molecule has 2 rings (SSSR count). The van der Waals surface area contributed by atoms with Crippen molar-refractivity contribution in [2.24, 2.45) is 4.99 Å². The lowest BCUT2D eigenvalue weighted by Crippen LogP contribution is -2.42. The van der Waals surface area contributed by atoms with Crippen molar-refractivity contribution in [3.8, 4) is 0 Å². The first kappa shape index (κ1) is 23.4. The van der Waals surface area contributed by atoms with Crippen molar-refractivity contribution in [3.63, 3.8) is 0 Å². The molecule has 2 heterocycles. The molecule has 3 N–H and O–H groups in total. The van der Waals surface area contributed by atoms with E-state index in [0.29, 0.717) is 25.6 Å². The van der Waals surface area contributed by atoms with Crippen molar-refractivity contribution < 1.29 is 9.53 Å². The summed E-state index contributed by atoms with van der Waals surface area (Å²) in [4.78, 5) is 16.2. The lowest BCUT2D eigenvalue weighted by molar-refractivity contribution is 0.0529. The van der Waals surface area contributed by atoms with Crippen LogP contribution >= 0.6 is 24.0 Å². The molecule has 10 heteroatoms. The maximum Gasteiger partial charge on any atom is 0.407 e. The van der Waals surface area contributed by atoms with Gasteiger partial charge in [-0.1, -0.05) is 0 Å². The van der Waals surface area contributed by atoms with Crippen LogP contribution in [0.15, 0.2) is 4.99 Å². The average Bonchev–Trinajstić information content (AvgIpc) is 2.98. The summed E-state index contributed by atoms with van der Waals surface area (Å²) in [5.41, 5.74) is -0.495. The summed E-state index contributed by atoms with van der Waals surface area (Å²) in [6.07, 6.45) is 2.91. The summed E-state index contributed by atoms with van der Waals surface area (Å²) in [6, 6.07) is 0. The van der Waals surface area contributed by atoms with Gasteiger partial charge in [0.25, 0.3) is 0 Å². The van der Waals surface area contributed by atoms with E-state index in [1.807, 2.05) is 27.7 Å². The number of aromatic nitrogens is 3. The van der Waals surface area contributed by atoms with Gasteiger partial charge in [-0.15, -0.1) is 34.2 Å². The summed E-state index contributed by atoms with van der Waals surface area (Å²) in [7, 11) is 0. The summed E-state index contributed by atoms with van der Waals surface area (Å²) in [5, 5.41) is 17.6. The number of carbonyl (C=O) groups is 1. The highest BCUT2D eigenvalue weighted by molar-refractivity contribution is 14.0. The molecule has 0 unspecified atom stereocenters. The molecule has 0 saturated heterocycles. The lowest BCUT2D eigenvalue weighted by atomic mass is 10.2. The molecule has 1 aromatic heterocycles. The van der Waals surface area contributed by atoms with Crippen LogP contribution < -0.4 is 16.0 Å². The van der Waals surface area contributed by atoms with Crippen LogP contribution in [-0.4, -0.2) is 52.1 Å². The fraction of sp³-hybridized carbons (Fsp3) is 0.765. The molecular formula is C17H32IN7O2. The number of aliphatic imine (C=N–C) groups is 1. The molecule has 154 valence electrons. The van der Waals surface area contributed by atoms with Crippen molar-refractivity contribution in [1.82, 2.24) is 30.7 Å². The minimum atomic E-state index is -0.495. The van der Waals surface area contributed by atoms with Crippen molar-refractivity contribution in [3.05, 3.63) is 11.6 Å². The molecule has 0 bridgehead atoms. The molecule has 0 aliphatic carbocycles. The number of guanidine groups is 1. The second-order valence-corrected chi connectivity index (χ2v) is 7.19. The molecule has 1 aliphatic heterocycles. The predicted octanol–water partition coefficient (Wildman–Crippen LogP) is 1.81. The monoisotopic (exact) mass is 493 g/mol. The highest BCUT2D eigenvalue weighted by atomic mass is 127. The van der Waals surface area contributed by atoms with Gasteiger partial charge >= 0.3 is 6.09 Å². The van der Waals surface area contributed by atoms with Crippen LogP contribution in [-0.2, 0) is 24.2 Å². The number of hydrogen-bond donors (Lipinski definition) is 3. The Balaban J connectivity index is 0.00000364. The fourth-order valence-corrected chi connectivity index (χ4v) is 2.64. The molecule has 27 heavy (non-hydrogen) atoms. The smallest absolute Gasteiger partial charge is 0.407 e. The Morgan fingerprint density at radius 3 is 2.63 bits per heavy atom. The summed E-state index contributed by atoms with van der Waals surface area (Å²) < 4.78 is 7.37. The molecule has 1 aromatic rings. The second kappa shape index (κ2) is 11.3. The predicted molar refractivity (Wildman–Crippen MR) is 115 cm³/mol. The highest BCUT2D eigenvalue weighted by Crippen LogP contribution is 2.14. The van der Waals surface area contributed by atoms with Gasteiger partial charge in [-0.25, -0.2) is 9.79 Å². The van der Waals surface area contributed by atoms with Gasteiger partial charge in [0.2, 0.25) is 0 Å². The van der Waals surface area contributed by atoms with E-state index in [1.165, 1.54) is 6.42 Å². The summed E-state index contributed by atoms with van der Waals surface area (Å²) in [5.74, 6) is 2.64. The van der Waals surface area contributed by atoms with Crippen LogP contribution in [0.5, 0.6) is 0 Å². The maximum absolute atomic E-state index is 11.6. The van der Waals surface area contributed by atoms with Crippen LogP contribution in [0.4, 0.5) is 4.79 Å². The minimum absolute atomic E-state index is 0. The third-order valence-electron chi connectivity index (χ3n) is 3.74. The van der Waals surface area contributed by atoms with Crippen molar-refractivity contribution in [1.29, 1.82) is 0 Å². The van der Waals surface area contributed by atoms with Crippen molar-refractivity contribution >= 4 is 36.0 Å². The molecule has 0 atom stereocenters. The van der Waals surface area contributed by atoms with Crippen LogP contribution in [0.25, 0.3) is 0 Å². The van der Waals surface area contributed by atoms with E-state index in [4.69, 9.17) is 4.74 Å². The van der Waals surface area contributed by atoms with E-state index in [2.05, 4.69) is 35.7 Å². The van der Waals surface area contributed by atoms with E-state index >= 15 is 0 Å². The van der Waals surface area contributed by atoms with E-state index in [-0.39, 0.29) is 24.0 Å². The minimum Gasteiger partial charge on any atom is -0.444 e. The third kappa shape index (κ3) is 8.31. The van der Waals surface area contributed by atoms with Gasteiger partial charge in [-0.05, 0) is 40.5 Å². The zero-order chi connectivity index (χ0) is 19.0. The van der Waals surface area contributed by atoms with Gasteiger partial charge in [0.1, 0.15) is 18.0 Å². The maximum atomic E-state index is 11.6. The molecule has 0 radical (unpaired) electrons. The quantitative estimate of drug-likeness (QED) is 0.242. The van der Waals surface area contributed by atoms with Crippen LogP contribution in [0.2, 0.25) is 0 Å². The number of amides is 1. The standard InChI is InChI=1S/C17H31N7O2.HI/c1-5-18-15(19-9-10-20-16(25)26-17(2,3)4)21-12-14-23-22-13-8-6-7-11-24(13)14;/h5-12H2,1-4H3,(H,20,25)(H2,18,19,21);1H. The van der Waals surface area contributed by atoms with E-state index in [9.17, 15) is 4.79 Å². The Morgan fingerprint density at radius 1 is 1.19 bits per heavy atom. The number of hydrogen-bond acceptors (Lipinski definition) is 5. The number of nitrogens with one attached hydrogen (secondary N) is 3. The van der Waals surface area contributed by atoms with E-state index in [0.717, 1.165) is 37.6 Å². The average molecular weight is 493 g/mol. The number of alkyl carbamates (subject to hydrolysis) is 1. The first-order valence-electron chi connectivity index (χ1n) is 9.29. The first-order valence-corrected chi connectivity index (χ1v) is 9.29. The number of nitrogens with zero attached hydrogens (tertiary/aromatic N) is 4. The van der Waals surface area contributed by atoms with Gasteiger partial charge < -0.3 is 25.3 Å². The van der Waals surface area contributed by atoms with Crippen LogP contribution in [0.1, 0.15) is 52.2 Å². The second-order valence-electron chi connectivity index (χ2n) is 7.19. The number of carbonyl (C=O) groups excluding carboxylic acids is 1. The molecule has 0 saturated carbocycles. The van der Waals surface area contributed by atoms with Crippen LogP contribution in [0, 0.1) is 0 Å². The third-order valence-corrected chi connectivity index (χ3v) is 3.74. The van der Waals surface area contributed by atoms with Crippen molar-refractivity contribution in [2.75, 3.05) is 19.6 Å². The zero-order valence-electron chi connectivity index (χ0n) is 16.7. The normalized spacial score (nSPS) is 14.0. The van der Waals surface area contributed by atoms with Crippen molar-refractivity contribution in [2.45, 2.75) is 65.6 Å². The van der Waals surface area contributed by atoms with Gasteiger partial charge in [0.15, 0.2) is 11.8 Å².